The number of hydrogen-bond acceptors (Lipinski definition) is 12. The molecule has 12 heteroatoms. The fourth-order valence-corrected chi connectivity index (χ4v) is 12.2. The number of rotatable bonds is 8. The summed E-state index contributed by atoms with van der Waals surface area (Å²) in [6.07, 6.45) is -5.50. The number of esters is 2. The van der Waals surface area contributed by atoms with Crippen molar-refractivity contribution in [2.24, 2.45) is 34.5 Å². The van der Waals surface area contributed by atoms with Gasteiger partial charge in [-0.1, -0.05) is 18.2 Å². The number of benzene rings is 1. The van der Waals surface area contributed by atoms with Crippen molar-refractivity contribution in [2.75, 3.05) is 48.6 Å². The Bertz CT molecular complexity index is 1350. The maximum atomic E-state index is 13.7. The molecule has 3 N–H and O–H groups in total. The Morgan fingerprint density at radius 2 is 1.71 bits per heavy atom. The SMILES string of the molecule is COCC12CN(C)[C@@H]3C4C(OC)[C@H]1C3(C(OC)CC2O)[C@@H]1C[C@]2(O)C(OC(=O)c3ccccc3)[C@@H]1[C@]4(OC(C)=O)C(O)[C@@H]2OC. The van der Waals surface area contributed by atoms with E-state index in [9.17, 15) is 24.9 Å². The van der Waals surface area contributed by atoms with E-state index in [0.717, 1.165) is 0 Å². The molecule has 7 bridgehead atoms. The van der Waals surface area contributed by atoms with Gasteiger partial charge < -0.3 is 48.6 Å². The topological polar surface area (TPSA) is 153 Å². The molecule has 248 valence electrons. The molecule has 0 aromatic heterocycles. The smallest absolute Gasteiger partial charge is 0.338 e. The first-order chi connectivity index (χ1) is 21.4. The van der Waals surface area contributed by atoms with Gasteiger partial charge in [-0.2, -0.15) is 0 Å². The van der Waals surface area contributed by atoms with Crippen LogP contribution in [0.4, 0.5) is 0 Å². The third-order valence-electron chi connectivity index (χ3n) is 12.9. The highest BCUT2D eigenvalue weighted by atomic mass is 16.6. The summed E-state index contributed by atoms with van der Waals surface area (Å²) in [6, 6.07) is 8.15. The van der Waals surface area contributed by atoms with Gasteiger partial charge in [-0.15, -0.1) is 0 Å². The van der Waals surface area contributed by atoms with Crippen molar-refractivity contribution in [1.29, 1.82) is 0 Å². The predicted octanol–water partition coefficient (Wildman–Crippen LogP) is 0.258. The van der Waals surface area contributed by atoms with Gasteiger partial charge >= 0.3 is 11.9 Å². The normalized spacial score (nSPS) is 50.7. The Balaban J connectivity index is 1.52. The van der Waals surface area contributed by atoms with E-state index in [1.165, 1.54) is 14.0 Å². The number of hydrogen-bond donors (Lipinski definition) is 3. The van der Waals surface area contributed by atoms with Crippen molar-refractivity contribution < 1.29 is 53.3 Å². The van der Waals surface area contributed by atoms with Crippen LogP contribution in [0.3, 0.4) is 0 Å². The summed E-state index contributed by atoms with van der Waals surface area (Å²) in [5.74, 6) is -3.66. The van der Waals surface area contributed by atoms with E-state index in [1.54, 1.807) is 51.7 Å². The van der Waals surface area contributed by atoms with Crippen LogP contribution in [-0.2, 0) is 33.2 Å². The lowest BCUT2D eigenvalue weighted by Gasteiger charge is -2.70. The van der Waals surface area contributed by atoms with Crippen molar-refractivity contribution in [1.82, 2.24) is 4.90 Å². The van der Waals surface area contributed by atoms with Gasteiger partial charge in [0, 0.05) is 83.0 Å². The molecule has 0 radical (unpaired) electrons. The standard InChI is InChI=1S/C33H45NO11/c1-16(35)45-33-21-18(13-31(39,28(43-6)26(33)37)27(21)44-29(38)17-10-8-7-9-11-17)32-20(41-4)12-19(36)30(15-40-3)14-34(2)25(32)22(33)23(42-5)24(30)32/h7-11,18-28,36-37,39H,12-15H2,1-6H3/t18-,19?,20?,21-,22?,23?,24-,25-,26?,27?,28+,30?,31+,32?,33-/m1/s1. The summed E-state index contributed by atoms with van der Waals surface area (Å²) >= 11 is 0. The number of aliphatic hydroxyl groups is 3. The minimum atomic E-state index is -1.83. The average Bonchev–Trinajstić information content (AvgIpc) is 3.40. The van der Waals surface area contributed by atoms with Crippen LogP contribution in [0.25, 0.3) is 0 Å². The zero-order valence-corrected chi connectivity index (χ0v) is 26.6. The number of methoxy groups -OCH3 is 4. The largest absolute Gasteiger partial charge is 0.455 e. The second-order valence-electron chi connectivity index (χ2n) is 14.3. The number of carbonyl (C=O) groups is 2. The molecule has 6 aliphatic rings. The molecule has 5 aliphatic carbocycles. The van der Waals surface area contributed by atoms with Crippen LogP contribution in [0.15, 0.2) is 30.3 Å². The number of ether oxygens (including phenoxy) is 6. The summed E-state index contributed by atoms with van der Waals surface area (Å²) < 4.78 is 37.2. The molecule has 45 heavy (non-hydrogen) atoms. The number of nitrogens with zero attached hydrogens (tertiary/aromatic N) is 1. The molecule has 7 rings (SSSR count). The van der Waals surface area contributed by atoms with Gasteiger partial charge in [-0.05, 0) is 31.5 Å². The first kappa shape index (κ1) is 31.4. The minimum absolute atomic E-state index is 0.0754. The summed E-state index contributed by atoms with van der Waals surface area (Å²) in [7, 11) is 8.20. The number of likely N-dealkylation sites (tertiary alicyclic amines) is 1. The van der Waals surface area contributed by atoms with E-state index in [0.29, 0.717) is 18.5 Å². The molecule has 0 amide bonds. The molecule has 6 fully saturated rings. The molecule has 8 unspecified atom stereocenters. The summed E-state index contributed by atoms with van der Waals surface area (Å²) in [5.41, 5.74) is -4.79. The second-order valence-corrected chi connectivity index (χ2v) is 14.3. The van der Waals surface area contributed by atoms with E-state index < -0.39 is 88.3 Å². The Labute approximate surface area is 262 Å². The molecular weight excluding hydrogens is 586 g/mol. The molecule has 1 heterocycles. The van der Waals surface area contributed by atoms with E-state index in [1.807, 2.05) is 7.05 Å². The number of fused-ring (bicyclic) bond motifs is 2. The maximum Gasteiger partial charge on any atom is 0.338 e. The fraction of sp³-hybridized carbons (Fsp3) is 0.758. The Morgan fingerprint density at radius 1 is 1.00 bits per heavy atom. The second kappa shape index (κ2) is 10.4. The van der Waals surface area contributed by atoms with Gasteiger partial charge in [0.25, 0.3) is 0 Å². The van der Waals surface area contributed by atoms with Crippen LogP contribution in [-0.4, -0.2) is 135 Å². The molecule has 1 aromatic carbocycles. The number of carbonyl (C=O) groups excluding carboxylic acids is 2. The third-order valence-corrected chi connectivity index (χ3v) is 12.9. The van der Waals surface area contributed by atoms with Gasteiger partial charge in [0.2, 0.25) is 0 Å². The third kappa shape index (κ3) is 3.55. The van der Waals surface area contributed by atoms with Crippen LogP contribution in [0.5, 0.6) is 0 Å². The highest BCUT2D eigenvalue weighted by Gasteiger charge is 2.92. The molecule has 1 spiro atoms. The first-order valence-electron chi connectivity index (χ1n) is 15.8. The highest BCUT2D eigenvalue weighted by molar-refractivity contribution is 5.89. The van der Waals surface area contributed by atoms with Crippen LogP contribution >= 0.6 is 0 Å². The van der Waals surface area contributed by atoms with Gasteiger partial charge in [0.1, 0.15) is 23.9 Å². The lowest BCUT2D eigenvalue weighted by Crippen LogP contribution is -2.81. The molecule has 15 atom stereocenters. The van der Waals surface area contributed by atoms with Gasteiger partial charge in [-0.25, -0.2) is 4.79 Å². The van der Waals surface area contributed by atoms with Gasteiger partial charge in [0.15, 0.2) is 5.60 Å². The summed E-state index contributed by atoms with van der Waals surface area (Å²) in [5, 5.41) is 37.0. The van der Waals surface area contributed by atoms with E-state index >= 15 is 0 Å². The lowest BCUT2D eigenvalue weighted by molar-refractivity contribution is -0.321. The molecule has 12 nitrogen and oxygen atoms in total. The minimum Gasteiger partial charge on any atom is -0.455 e. The zero-order valence-electron chi connectivity index (χ0n) is 26.6. The van der Waals surface area contributed by atoms with Crippen LogP contribution in [0.2, 0.25) is 0 Å². The molecule has 1 saturated heterocycles. The maximum absolute atomic E-state index is 13.7. The van der Waals surface area contributed by atoms with Gasteiger partial charge in [0.05, 0.1) is 30.5 Å². The van der Waals surface area contributed by atoms with Crippen LogP contribution in [0.1, 0.15) is 30.1 Å². The number of aliphatic hydroxyl groups excluding tert-OH is 2. The van der Waals surface area contributed by atoms with Crippen molar-refractivity contribution in [3.63, 3.8) is 0 Å². The van der Waals surface area contributed by atoms with Crippen LogP contribution in [0, 0.1) is 34.5 Å². The first-order valence-corrected chi connectivity index (χ1v) is 15.8. The van der Waals surface area contributed by atoms with Gasteiger partial charge in [-0.3, -0.25) is 4.79 Å². The number of piperidine rings is 1. The summed E-state index contributed by atoms with van der Waals surface area (Å²) in [6.45, 7) is 2.00. The van der Waals surface area contributed by atoms with Crippen molar-refractivity contribution in [3.05, 3.63) is 35.9 Å². The van der Waals surface area contributed by atoms with Crippen molar-refractivity contribution in [3.8, 4) is 0 Å². The molecular formula is C33H45NO11. The average molecular weight is 632 g/mol. The fourth-order valence-electron chi connectivity index (χ4n) is 12.2. The monoisotopic (exact) mass is 631 g/mol. The Kier molecular flexibility index (Phi) is 7.28. The molecule has 1 aliphatic heterocycles. The van der Waals surface area contributed by atoms with Crippen molar-refractivity contribution >= 4 is 11.9 Å². The van der Waals surface area contributed by atoms with Crippen LogP contribution < -0.4 is 0 Å². The Hall–Kier alpha value is -2.16. The highest BCUT2D eigenvalue weighted by Crippen LogP contribution is 2.80. The zero-order chi connectivity index (χ0) is 32.3. The lowest BCUT2D eigenvalue weighted by atomic mass is 9.42. The van der Waals surface area contributed by atoms with E-state index in [2.05, 4.69) is 4.90 Å². The predicted molar refractivity (Wildman–Crippen MR) is 156 cm³/mol. The molecule has 5 saturated carbocycles. The Morgan fingerprint density at radius 3 is 2.31 bits per heavy atom. The quantitative estimate of drug-likeness (QED) is 0.337. The summed E-state index contributed by atoms with van der Waals surface area (Å²) in [4.78, 5) is 29.1. The van der Waals surface area contributed by atoms with E-state index in [-0.39, 0.29) is 25.0 Å². The van der Waals surface area contributed by atoms with Crippen molar-refractivity contribution in [2.45, 2.75) is 73.6 Å². The van der Waals surface area contributed by atoms with E-state index in [4.69, 9.17) is 28.4 Å². The molecule has 1 aromatic rings.